The van der Waals surface area contributed by atoms with Crippen LogP contribution in [0.25, 0.3) is 22.3 Å². The first-order valence-electron chi connectivity index (χ1n) is 27.3. The van der Waals surface area contributed by atoms with Gasteiger partial charge in [0.05, 0.1) is 39.1 Å². The number of rotatable bonds is 39. The molecule has 0 saturated carbocycles. The summed E-state index contributed by atoms with van der Waals surface area (Å²) in [7, 11) is -32.5. The molecule has 16 atom stereocenters. The number of nitrogens with two attached hydrogens (primary N) is 2. The van der Waals surface area contributed by atoms with E-state index in [4.69, 9.17) is 20.9 Å². The summed E-state index contributed by atoms with van der Waals surface area (Å²) in [5, 5.41) is 52.9. The molecule has 0 aliphatic carbocycles. The molecule has 14 N–H and O–H groups in total. The molecular weight excluding hydrogens is 1500 g/mol. The molecule has 46 nitrogen and oxygen atoms in total. The van der Waals surface area contributed by atoms with Crippen molar-refractivity contribution in [3.05, 3.63) is 25.3 Å². The van der Waals surface area contributed by atoms with E-state index in [1.54, 1.807) is 0 Å². The van der Waals surface area contributed by atoms with Crippen LogP contribution in [-0.2, 0) is 91.8 Å². The number of aliphatic hydroxyl groups excluding tert-OH is 4. The molecule has 4 amide bonds. The van der Waals surface area contributed by atoms with Gasteiger partial charge in [0, 0.05) is 61.4 Å². The predicted octanol–water partition coefficient (Wildman–Crippen LogP) is -24.6. The first-order chi connectivity index (χ1) is 44.4. The molecule has 16 unspecified atom stereocenters. The van der Waals surface area contributed by atoms with Gasteiger partial charge in [-0.2, -0.15) is 0 Å². The van der Waals surface area contributed by atoms with E-state index in [-0.39, 0.29) is 186 Å². The summed E-state index contributed by atoms with van der Waals surface area (Å²) in [6.45, 7) is -0.393. The molecule has 6 rings (SSSR count). The maximum Gasteiger partial charge on any atom is 1.00 e. The van der Waals surface area contributed by atoms with Crippen molar-refractivity contribution in [3.8, 4) is 0 Å². The number of carbonyl (C=O) groups excluding carboxylic acids is 4. The zero-order chi connectivity index (χ0) is 71.6. The summed E-state index contributed by atoms with van der Waals surface area (Å²) < 4.78 is 122. The molecule has 4 aromatic heterocycles. The second-order valence-corrected chi connectivity index (χ2v) is 32.6. The monoisotopic (exact) mass is 1570 g/mol. The molecule has 102 heavy (non-hydrogen) atoms. The number of anilines is 2. The number of carbonyl (C=O) groups is 4. The van der Waals surface area contributed by atoms with Crippen molar-refractivity contribution < 1.29 is 265 Å². The smallest absolute Gasteiger partial charge is 0.756 e. The van der Waals surface area contributed by atoms with Crippen LogP contribution < -0.4 is 175 Å². The second-order valence-electron chi connectivity index (χ2n) is 21.7. The Balaban J connectivity index is 0.0000170. The zero-order valence-electron chi connectivity index (χ0n) is 56.1. The van der Waals surface area contributed by atoms with Gasteiger partial charge in [0.1, 0.15) is 72.5 Å². The standard InChI is InChI=1S/C42H70N14O32P6S2.6Li/c1-41(2,15-81-93(75,76)87-91(71,72)79-13-21-29(85-89(65,66)67)27(59)39(83-21)55-19-53-25-33(43)49-17-51-35(25)55)31(61)37(63)47-7-5-23(57)45-9-11-95-96-12-10-46-24(58)6-8-48-38(64)32(62)42(3,4)16-82-94(77,78)88-92(73,74)80-14-22-30(86-90(68,69)70)28(60)40(84-22)56-20-54-26-34(44)50-18-52-36(26)56;;;;;;/h17-22,27-32,39-40,59-62H,5-16H2,1-4H3,(H,45,57)(H,46,58)(H,47,63)(H,48,64)(H,71,72)(H,73,74)(H,75,76)(H,77,78)(H2,43,49,51)(H2,44,50,52)(H2,65,66,67)(H2,68,69,70);;;;;;/q;6*+1/p-6. The fraction of sp³-hybridized carbons (Fsp3) is 0.667. The molecule has 542 valence electrons. The zero-order valence-corrected chi connectivity index (χ0v) is 63.1. The van der Waals surface area contributed by atoms with Crippen LogP contribution in [0.1, 0.15) is 53.0 Å². The number of nitrogens with one attached hydrogen (secondary N) is 4. The molecule has 60 heteroatoms. The number of phosphoric ester groups is 6. The Labute approximate surface area is 659 Å². The van der Waals surface area contributed by atoms with Crippen molar-refractivity contribution in [1.82, 2.24) is 60.3 Å². The van der Waals surface area contributed by atoms with Gasteiger partial charge in [-0.3, -0.25) is 55.7 Å². The van der Waals surface area contributed by atoms with Gasteiger partial charge in [-0.1, -0.05) is 49.3 Å². The van der Waals surface area contributed by atoms with Gasteiger partial charge in [0.15, 0.2) is 35.4 Å². The van der Waals surface area contributed by atoms with Crippen molar-refractivity contribution in [3.63, 3.8) is 0 Å². The molecule has 0 radical (unpaired) electrons. The fourth-order valence-electron chi connectivity index (χ4n) is 8.43. The number of hydrogen-bond acceptors (Lipinski definition) is 40. The van der Waals surface area contributed by atoms with Crippen molar-refractivity contribution in [2.75, 3.05) is 75.6 Å². The molecule has 2 aliphatic rings. The van der Waals surface area contributed by atoms with E-state index in [0.717, 1.165) is 62.1 Å². The summed E-state index contributed by atoms with van der Waals surface area (Å²) >= 11 is 0. The third kappa shape index (κ3) is 30.9. The molecule has 0 spiro atoms. The molecule has 6 heterocycles. The number of imidazole rings is 2. The van der Waals surface area contributed by atoms with E-state index in [9.17, 15) is 106 Å². The van der Waals surface area contributed by atoms with Crippen LogP contribution in [0.3, 0.4) is 0 Å². The van der Waals surface area contributed by atoms with E-state index < -0.39 is 169 Å². The molecule has 0 aromatic carbocycles. The minimum Gasteiger partial charge on any atom is -0.756 e. The first kappa shape index (κ1) is 101. The molecule has 2 saturated heterocycles. The number of hydrogen-bond donors (Lipinski definition) is 12. The Morgan fingerprint density at radius 2 is 0.873 bits per heavy atom. The number of aromatic nitrogens is 8. The van der Waals surface area contributed by atoms with Crippen molar-refractivity contribution >= 4 is 126 Å². The van der Waals surface area contributed by atoms with Gasteiger partial charge in [0.25, 0.3) is 46.9 Å². The Bertz CT molecular complexity index is 3490. The molecule has 0 bridgehead atoms. The van der Waals surface area contributed by atoms with Crippen LogP contribution in [0.15, 0.2) is 25.3 Å². The maximum atomic E-state index is 12.7. The van der Waals surface area contributed by atoms with Crippen LogP contribution in [0, 0.1) is 10.8 Å². The Morgan fingerprint density at radius 3 is 1.20 bits per heavy atom. The molecule has 4 aromatic rings. The first-order valence-corrected chi connectivity index (χ1v) is 38.6. The Hall–Kier alpha value is -0.636. The average Bonchev–Trinajstić information content (AvgIpc) is 1.62. The quantitative estimate of drug-likeness (QED) is 0.00854. The van der Waals surface area contributed by atoms with Crippen LogP contribution in [-0.4, -0.2) is 206 Å². The SMILES string of the molecule is CC(C)(COP(=O)([O-])OP(=O)([O-])OCC1OC(n2cnc3c(N)ncnc32)C(O)C1OP(=O)([O-])O)C(O)C(=O)NCCC(=O)NCCSSCCNC(=O)CCNC(=O)C(O)C(C)(C)COP(=O)([O-])OP(=O)([O-])OCC1OC(n2cnc3c(N)ncnc32)C(O)C1OP(=O)([O-])O.[Li+].[Li+].[Li+].[Li+].[Li+].[Li+]. The van der Waals surface area contributed by atoms with E-state index in [0.29, 0.717) is 11.5 Å². The van der Waals surface area contributed by atoms with Crippen LogP contribution >= 0.6 is 68.5 Å². The average molecular weight is 1570 g/mol. The number of phosphoric acid groups is 6. The molecule has 2 fully saturated rings. The molecule has 2 aliphatic heterocycles. The number of aliphatic hydroxyl groups is 4. The van der Waals surface area contributed by atoms with E-state index >= 15 is 0 Å². The number of nitrogens with zero attached hydrogens (tertiary/aromatic N) is 8. The Kier molecular flexibility index (Phi) is 43.0. The maximum absolute atomic E-state index is 12.7. The minimum atomic E-state index is -5.98. The normalized spacial score (nSPS) is 23.1. The van der Waals surface area contributed by atoms with Crippen LogP contribution in [0.2, 0.25) is 0 Å². The summed E-state index contributed by atoms with van der Waals surface area (Å²) in [5.41, 5.74) is 7.94. The van der Waals surface area contributed by atoms with Gasteiger partial charge < -0.3 is 129 Å². The van der Waals surface area contributed by atoms with Gasteiger partial charge in [-0.05, 0) is 0 Å². The van der Waals surface area contributed by atoms with Gasteiger partial charge in [0.2, 0.25) is 23.6 Å². The van der Waals surface area contributed by atoms with Crippen LogP contribution in [0.5, 0.6) is 0 Å². The van der Waals surface area contributed by atoms with E-state index in [1.807, 2.05) is 0 Å². The topological polar surface area (TPSA) is 710 Å². The van der Waals surface area contributed by atoms with Crippen molar-refractivity contribution in [1.29, 1.82) is 0 Å². The Morgan fingerprint density at radius 1 is 0.549 bits per heavy atom. The third-order valence-electron chi connectivity index (χ3n) is 13.2. The third-order valence-corrected chi connectivity index (χ3v) is 21.7. The number of nitrogen functional groups attached to an aromatic ring is 2. The number of ether oxygens (including phenoxy) is 2. The van der Waals surface area contributed by atoms with E-state index in [1.165, 1.54) is 21.6 Å². The van der Waals surface area contributed by atoms with Crippen LogP contribution in [0.4, 0.5) is 11.6 Å². The summed E-state index contributed by atoms with van der Waals surface area (Å²) in [6, 6.07) is 0. The second kappa shape index (κ2) is 43.3. The largest absolute Gasteiger partial charge is 1.00 e. The predicted molar refractivity (Wildman–Crippen MR) is 311 cm³/mol. The summed E-state index contributed by atoms with van der Waals surface area (Å²) in [4.78, 5) is 166. The number of fused-ring (bicyclic) bond motifs is 2. The van der Waals surface area contributed by atoms with Gasteiger partial charge >= 0.3 is 113 Å². The fourth-order valence-corrected chi connectivity index (χ4v) is 15.7. The molecular formula is C42H64Li6N14O32P6S2. The van der Waals surface area contributed by atoms with Gasteiger partial charge in [-0.25, -0.2) is 38.5 Å². The number of amides is 4. The summed E-state index contributed by atoms with van der Waals surface area (Å²) in [5.74, 6) is -2.66. The van der Waals surface area contributed by atoms with Crippen molar-refractivity contribution in [2.24, 2.45) is 10.8 Å². The summed E-state index contributed by atoms with van der Waals surface area (Å²) in [6.07, 6.45) is -15.6. The van der Waals surface area contributed by atoms with Gasteiger partial charge in [-0.15, -0.1) is 0 Å². The van der Waals surface area contributed by atoms with E-state index in [2.05, 4.69) is 86.9 Å². The minimum absolute atomic E-state index is 0. The van der Waals surface area contributed by atoms with Crippen molar-refractivity contribution in [2.45, 2.75) is 102 Å².